The summed E-state index contributed by atoms with van der Waals surface area (Å²) >= 11 is 0. The maximum absolute atomic E-state index is 4.94. The molecule has 0 fully saturated rings. The summed E-state index contributed by atoms with van der Waals surface area (Å²) in [6, 6.07) is 29.2. The lowest BCUT2D eigenvalue weighted by Gasteiger charge is -2.16. The van der Waals surface area contributed by atoms with Gasteiger partial charge in [-0.1, -0.05) is 72.8 Å². The molecule has 5 heteroatoms. The Balaban J connectivity index is 1.51. The van der Waals surface area contributed by atoms with Gasteiger partial charge in [0.1, 0.15) is 13.1 Å². The molecule has 0 N–H and O–H groups in total. The summed E-state index contributed by atoms with van der Waals surface area (Å²) in [4.78, 5) is 8.75. The van der Waals surface area contributed by atoms with E-state index >= 15 is 0 Å². The Morgan fingerprint density at radius 3 is 1.88 bits per heavy atom. The van der Waals surface area contributed by atoms with Crippen LogP contribution >= 0.6 is 0 Å². The molecule has 2 aromatic carbocycles. The van der Waals surface area contributed by atoms with Gasteiger partial charge in [-0.2, -0.15) is 0 Å². The van der Waals surface area contributed by atoms with Gasteiger partial charge in [-0.05, 0) is 34.4 Å². The van der Waals surface area contributed by atoms with Crippen molar-refractivity contribution in [3.05, 3.63) is 144 Å². The first-order valence-electron chi connectivity index (χ1n) is 11.2. The van der Waals surface area contributed by atoms with Crippen molar-refractivity contribution >= 4 is 0 Å². The number of pyridine rings is 2. The van der Waals surface area contributed by atoms with Crippen molar-refractivity contribution in [1.82, 2.24) is 19.9 Å². The molecule has 3 aromatic heterocycles. The summed E-state index contributed by atoms with van der Waals surface area (Å²) in [7, 11) is 0. The number of aromatic nitrogens is 5. The molecule has 0 saturated heterocycles. The maximum Gasteiger partial charge on any atom is 0.169 e. The molecular formula is C28H26N5+. The smallest absolute Gasteiger partial charge is 0.169 e. The van der Waals surface area contributed by atoms with Crippen LogP contribution in [0, 0.1) is 0 Å². The third-order valence-electron chi connectivity index (χ3n) is 5.80. The van der Waals surface area contributed by atoms with Crippen LogP contribution in [0.4, 0.5) is 0 Å². The second kappa shape index (κ2) is 10.0. The van der Waals surface area contributed by atoms with Gasteiger partial charge in [-0.25, -0.2) is 0 Å². The van der Waals surface area contributed by atoms with E-state index in [1.54, 1.807) is 0 Å². The van der Waals surface area contributed by atoms with E-state index in [4.69, 9.17) is 5.21 Å². The van der Waals surface area contributed by atoms with Gasteiger partial charge < -0.3 is 0 Å². The molecule has 0 aliphatic heterocycles. The van der Waals surface area contributed by atoms with Crippen LogP contribution in [0.25, 0.3) is 0 Å². The zero-order chi connectivity index (χ0) is 22.3. The van der Waals surface area contributed by atoms with Gasteiger partial charge in [0.05, 0.1) is 5.21 Å². The SMILES string of the molecule is c1ccc(Cn2n[n+](Cc3ccccc3)cc2CC(c2cccnc2)c2cccnc2)cc1. The molecule has 0 amide bonds. The second-order valence-electron chi connectivity index (χ2n) is 8.17. The van der Waals surface area contributed by atoms with Crippen molar-refractivity contribution in [3.8, 4) is 0 Å². The largest absolute Gasteiger partial charge is 0.264 e. The predicted molar refractivity (Wildman–Crippen MR) is 128 cm³/mol. The Hall–Kier alpha value is -4.12. The zero-order valence-electron chi connectivity index (χ0n) is 18.4. The van der Waals surface area contributed by atoms with E-state index in [1.165, 1.54) is 27.9 Å². The Labute approximate surface area is 194 Å². The van der Waals surface area contributed by atoms with Crippen LogP contribution in [0.3, 0.4) is 0 Å². The van der Waals surface area contributed by atoms with E-state index in [0.29, 0.717) is 0 Å². The molecule has 0 atom stereocenters. The molecule has 0 saturated carbocycles. The molecular weight excluding hydrogens is 406 g/mol. The van der Waals surface area contributed by atoms with Gasteiger partial charge in [0, 0.05) is 37.1 Å². The van der Waals surface area contributed by atoms with Crippen LogP contribution < -0.4 is 4.68 Å². The number of hydrogen-bond acceptors (Lipinski definition) is 3. The fourth-order valence-electron chi connectivity index (χ4n) is 4.16. The van der Waals surface area contributed by atoms with Crippen LogP contribution in [0.1, 0.15) is 33.9 Å². The molecule has 0 radical (unpaired) electrons. The van der Waals surface area contributed by atoms with Crippen molar-refractivity contribution < 1.29 is 4.68 Å². The lowest BCUT2D eigenvalue weighted by Crippen LogP contribution is -2.36. The highest BCUT2D eigenvalue weighted by Gasteiger charge is 2.23. The monoisotopic (exact) mass is 432 g/mol. The quantitative estimate of drug-likeness (QED) is 0.341. The lowest BCUT2D eigenvalue weighted by atomic mass is 9.89. The minimum atomic E-state index is 0.142. The van der Waals surface area contributed by atoms with Gasteiger partial charge in [0.25, 0.3) is 0 Å². The van der Waals surface area contributed by atoms with E-state index in [1.807, 2.05) is 53.7 Å². The van der Waals surface area contributed by atoms with Crippen molar-refractivity contribution in [3.63, 3.8) is 0 Å². The first-order chi connectivity index (χ1) is 16.3. The summed E-state index contributed by atoms with van der Waals surface area (Å²) in [6.45, 7) is 1.46. The highest BCUT2D eigenvalue weighted by atomic mass is 15.5. The fourth-order valence-corrected chi connectivity index (χ4v) is 4.16. The Morgan fingerprint density at radius 1 is 0.697 bits per heavy atom. The molecule has 5 aromatic rings. The number of nitrogens with zero attached hydrogens (tertiary/aromatic N) is 5. The van der Waals surface area contributed by atoms with E-state index in [2.05, 4.69) is 81.5 Å². The topological polar surface area (TPSA) is 47.5 Å². The van der Waals surface area contributed by atoms with Crippen LogP contribution in [0.15, 0.2) is 116 Å². The van der Waals surface area contributed by atoms with Crippen molar-refractivity contribution in [1.29, 1.82) is 0 Å². The molecule has 0 aliphatic carbocycles. The third kappa shape index (κ3) is 5.21. The van der Waals surface area contributed by atoms with Crippen LogP contribution in [0.2, 0.25) is 0 Å². The lowest BCUT2D eigenvalue weighted by molar-refractivity contribution is -0.747. The minimum Gasteiger partial charge on any atom is -0.264 e. The van der Waals surface area contributed by atoms with Gasteiger partial charge in [-0.15, -0.1) is 9.36 Å². The van der Waals surface area contributed by atoms with Crippen molar-refractivity contribution in [2.75, 3.05) is 0 Å². The molecule has 0 spiro atoms. The first-order valence-corrected chi connectivity index (χ1v) is 11.2. The molecule has 162 valence electrons. The average molecular weight is 433 g/mol. The van der Waals surface area contributed by atoms with Crippen LogP contribution in [0.5, 0.6) is 0 Å². The normalized spacial score (nSPS) is 11.1. The highest BCUT2D eigenvalue weighted by Crippen LogP contribution is 2.27. The summed E-state index contributed by atoms with van der Waals surface area (Å²) in [5.41, 5.74) is 5.98. The van der Waals surface area contributed by atoms with E-state index in [0.717, 1.165) is 19.5 Å². The van der Waals surface area contributed by atoms with E-state index < -0.39 is 0 Å². The van der Waals surface area contributed by atoms with Crippen LogP contribution in [-0.4, -0.2) is 19.9 Å². The first kappa shape index (κ1) is 20.8. The molecule has 0 unspecified atom stereocenters. The fraction of sp³-hybridized carbons (Fsp3) is 0.143. The van der Waals surface area contributed by atoms with Gasteiger partial charge in [-0.3, -0.25) is 9.97 Å². The van der Waals surface area contributed by atoms with Crippen LogP contribution in [-0.2, 0) is 19.5 Å². The van der Waals surface area contributed by atoms with Crippen molar-refractivity contribution in [2.45, 2.75) is 25.4 Å². The Kier molecular flexibility index (Phi) is 6.29. The molecule has 5 nitrogen and oxygen atoms in total. The van der Waals surface area contributed by atoms with Crippen molar-refractivity contribution in [2.24, 2.45) is 0 Å². The molecule has 0 aliphatic rings. The Morgan fingerprint density at radius 2 is 1.30 bits per heavy atom. The van der Waals surface area contributed by atoms with Gasteiger partial charge >= 0.3 is 0 Å². The average Bonchev–Trinajstić information content (AvgIpc) is 3.25. The Bertz CT molecular complexity index is 1230. The summed E-state index contributed by atoms with van der Waals surface area (Å²) in [6.07, 6.45) is 10.5. The molecule has 33 heavy (non-hydrogen) atoms. The predicted octanol–water partition coefficient (Wildman–Crippen LogP) is 4.43. The summed E-state index contributed by atoms with van der Waals surface area (Å²) in [5.74, 6) is 0.142. The molecule has 3 heterocycles. The summed E-state index contributed by atoms with van der Waals surface area (Å²) in [5, 5.41) is 4.94. The standard InChI is InChI=1S/C28H26N5/c1-3-9-23(10-4-1)20-32-22-27(33(31-32)21-24-11-5-2-6-12-24)17-28(25-13-7-15-29-18-25)26-14-8-16-30-19-26/h1-16,18-19,22,28H,17,20-21H2/q+1. The third-order valence-corrected chi connectivity index (χ3v) is 5.80. The number of hydrogen-bond donors (Lipinski definition) is 0. The zero-order valence-corrected chi connectivity index (χ0v) is 18.4. The van der Waals surface area contributed by atoms with E-state index in [9.17, 15) is 0 Å². The highest BCUT2D eigenvalue weighted by molar-refractivity contribution is 5.30. The number of rotatable bonds is 8. The maximum atomic E-state index is 4.94. The second-order valence-corrected chi connectivity index (χ2v) is 8.17. The van der Waals surface area contributed by atoms with Gasteiger partial charge in [0.15, 0.2) is 11.9 Å². The number of benzene rings is 2. The molecule has 5 rings (SSSR count). The minimum absolute atomic E-state index is 0.142. The summed E-state index contributed by atoms with van der Waals surface area (Å²) < 4.78 is 4.16. The van der Waals surface area contributed by atoms with Gasteiger partial charge in [0.2, 0.25) is 0 Å². The van der Waals surface area contributed by atoms with E-state index in [-0.39, 0.29) is 5.92 Å². The molecule has 0 bridgehead atoms.